The van der Waals surface area contributed by atoms with Gasteiger partial charge in [-0.05, 0) is 57.7 Å². The van der Waals surface area contributed by atoms with Crippen LogP contribution in [0, 0.1) is 13.8 Å². The van der Waals surface area contributed by atoms with Gasteiger partial charge in [-0.1, -0.05) is 30.2 Å². The first-order chi connectivity index (χ1) is 11.1. The van der Waals surface area contributed by atoms with Crippen LogP contribution in [0.2, 0.25) is 0 Å². The van der Waals surface area contributed by atoms with E-state index in [0.29, 0.717) is 12.6 Å². The SMILES string of the molecule is Cc1ccc(CNC(=O)NCCCN2CCCCC2C)c(C)c1. The molecule has 1 fully saturated rings. The van der Waals surface area contributed by atoms with Crippen molar-refractivity contribution < 1.29 is 4.79 Å². The number of rotatable bonds is 6. The minimum absolute atomic E-state index is 0.0725. The first-order valence-corrected chi connectivity index (χ1v) is 8.88. The third kappa shape index (κ3) is 5.87. The highest BCUT2D eigenvalue weighted by Crippen LogP contribution is 2.16. The number of hydrogen-bond donors (Lipinski definition) is 2. The number of amides is 2. The van der Waals surface area contributed by atoms with Crippen LogP contribution in [-0.2, 0) is 6.54 Å². The van der Waals surface area contributed by atoms with Crippen LogP contribution in [0.15, 0.2) is 18.2 Å². The predicted molar refractivity (Wildman–Crippen MR) is 95.7 cm³/mol. The zero-order valence-electron chi connectivity index (χ0n) is 14.8. The number of nitrogens with zero attached hydrogens (tertiary/aromatic N) is 1. The number of carbonyl (C=O) groups is 1. The van der Waals surface area contributed by atoms with Crippen molar-refractivity contribution >= 4 is 6.03 Å². The molecule has 0 aliphatic carbocycles. The zero-order chi connectivity index (χ0) is 16.7. The molecule has 1 heterocycles. The number of nitrogens with one attached hydrogen (secondary N) is 2. The van der Waals surface area contributed by atoms with E-state index in [4.69, 9.17) is 0 Å². The molecule has 23 heavy (non-hydrogen) atoms. The van der Waals surface area contributed by atoms with E-state index >= 15 is 0 Å². The molecule has 1 unspecified atom stereocenters. The summed E-state index contributed by atoms with van der Waals surface area (Å²) in [7, 11) is 0. The van der Waals surface area contributed by atoms with Gasteiger partial charge >= 0.3 is 6.03 Å². The predicted octanol–water partition coefficient (Wildman–Crippen LogP) is 3.37. The Morgan fingerprint density at radius 1 is 1.26 bits per heavy atom. The average Bonchev–Trinajstić information content (AvgIpc) is 2.52. The van der Waals surface area contributed by atoms with Gasteiger partial charge in [0, 0.05) is 25.7 Å². The third-order valence-corrected chi connectivity index (χ3v) is 4.79. The molecule has 2 N–H and O–H groups in total. The second-order valence-electron chi connectivity index (χ2n) is 6.77. The molecule has 0 saturated carbocycles. The van der Waals surface area contributed by atoms with Gasteiger partial charge in [-0.2, -0.15) is 0 Å². The molecule has 4 nitrogen and oxygen atoms in total. The second-order valence-corrected chi connectivity index (χ2v) is 6.77. The molecule has 1 aromatic rings. The number of piperidine rings is 1. The molecule has 2 amide bonds. The summed E-state index contributed by atoms with van der Waals surface area (Å²) in [5, 5.41) is 5.90. The molecule has 1 aliphatic heterocycles. The van der Waals surface area contributed by atoms with Crippen LogP contribution in [0.4, 0.5) is 4.79 Å². The minimum atomic E-state index is -0.0725. The number of likely N-dealkylation sites (tertiary alicyclic amines) is 1. The van der Waals surface area contributed by atoms with Gasteiger partial charge in [0.1, 0.15) is 0 Å². The van der Waals surface area contributed by atoms with Crippen molar-refractivity contribution in [1.29, 1.82) is 0 Å². The van der Waals surface area contributed by atoms with E-state index in [2.05, 4.69) is 54.5 Å². The molecule has 1 aromatic carbocycles. The van der Waals surface area contributed by atoms with Gasteiger partial charge in [0.15, 0.2) is 0 Å². The first kappa shape index (κ1) is 17.8. The molecule has 2 rings (SSSR count). The summed E-state index contributed by atoms with van der Waals surface area (Å²) in [6.45, 7) is 10.1. The van der Waals surface area contributed by atoms with Crippen LogP contribution < -0.4 is 10.6 Å². The van der Waals surface area contributed by atoms with Gasteiger partial charge in [0.05, 0.1) is 0 Å². The summed E-state index contributed by atoms with van der Waals surface area (Å²) < 4.78 is 0. The van der Waals surface area contributed by atoms with E-state index in [1.807, 2.05) is 0 Å². The molecule has 0 bridgehead atoms. The van der Waals surface area contributed by atoms with Crippen molar-refractivity contribution in [3.8, 4) is 0 Å². The number of carbonyl (C=O) groups excluding carboxylic acids is 1. The Kier molecular flexibility index (Phi) is 6.90. The second kappa shape index (κ2) is 8.92. The number of aryl methyl sites for hydroxylation is 2. The molecule has 4 heteroatoms. The lowest BCUT2D eigenvalue weighted by atomic mass is 10.0. The Bertz CT molecular complexity index is 515. The lowest BCUT2D eigenvalue weighted by molar-refractivity contribution is 0.159. The van der Waals surface area contributed by atoms with Crippen molar-refractivity contribution in [1.82, 2.24) is 15.5 Å². The van der Waals surface area contributed by atoms with Crippen LogP contribution >= 0.6 is 0 Å². The van der Waals surface area contributed by atoms with Gasteiger partial charge in [0.25, 0.3) is 0 Å². The standard InChI is InChI=1S/C19H31N3O/c1-15-8-9-18(16(2)13-15)14-21-19(23)20-10-6-12-22-11-5-4-7-17(22)3/h8-9,13,17H,4-7,10-12,14H2,1-3H3,(H2,20,21,23). The summed E-state index contributed by atoms with van der Waals surface area (Å²) in [6, 6.07) is 6.94. The summed E-state index contributed by atoms with van der Waals surface area (Å²) in [5.41, 5.74) is 3.65. The van der Waals surface area contributed by atoms with Crippen molar-refractivity contribution in [2.24, 2.45) is 0 Å². The maximum absolute atomic E-state index is 11.9. The lowest BCUT2D eigenvalue weighted by Crippen LogP contribution is -2.40. The van der Waals surface area contributed by atoms with Crippen molar-refractivity contribution in [3.63, 3.8) is 0 Å². The molecular weight excluding hydrogens is 286 g/mol. The fourth-order valence-corrected chi connectivity index (χ4v) is 3.26. The fourth-order valence-electron chi connectivity index (χ4n) is 3.26. The summed E-state index contributed by atoms with van der Waals surface area (Å²) in [5.74, 6) is 0. The minimum Gasteiger partial charge on any atom is -0.338 e. The van der Waals surface area contributed by atoms with E-state index in [-0.39, 0.29) is 6.03 Å². The summed E-state index contributed by atoms with van der Waals surface area (Å²) in [6.07, 6.45) is 5.00. The van der Waals surface area contributed by atoms with E-state index in [1.165, 1.54) is 42.5 Å². The van der Waals surface area contributed by atoms with Gasteiger partial charge in [-0.15, -0.1) is 0 Å². The number of benzene rings is 1. The van der Waals surface area contributed by atoms with E-state index in [9.17, 15) is 4.79 Å². The van der Waals surface area contributed by atoms with Crippen LogP contribution in [-0.4, -0.2) is 36.6 Å². The highest BCUT2D eigenvalue weighted by molar-refractivity contribution is 5.73. The summed E-state index contributed by atoms with van der Waals surface area (Å²) >= 11 is 0. The van der Waals surface area contributed by atoms with Crippen molar-refractivity contribution in [3.05, 3.63) is 34.9 Å². The van der Waals surface area contributed by atoms with Gasteiger partial charge in [0.2, 0.25) is 0 Å². The monoisotopic (exact) mass is 317 g/mol. The lowest BCUT2D eigenvalue weighted by Gasteiger charge is -2.33. The van der Waals surface area contributed by atoms with Crippen LogP contribution in [0.5, 0.6) is 0 Å². The Hall–Kier alpha value is -1.55. The van der Waals surface area contributed by atoms with Gasteiger partial charge in [-0.3, -0.25) is 0 Å². The first-order valence-electron chi connectivity index (χ1n) is 8.88. The molecule has 0 aromatic heterocycles. The molecule has 0 spiro atoms. The number of hydrogen-bond acceptors (Lipinski definition) is 2. The molecular formula is C19H31N3O. The van der Waals surface area contributed by atoms with Crippen LogP contribution in [0.25, 0.3) is 0 Å². The fraction of sp³-hybridized carbons (Fsp3) is 0.632. The normalized spacial score (nSPS) is 18.7. The van der Waals surface area contributed by atoms with Crippen molar-refractivity contribution in [2.45, 2.75) is 59.0 Å². The maximum atomic E-state index is 11.9. The highest BCUT2D eigenvalue weighted by atomic mass is 16.2. The van der Waals surface area contributed by atoms with E-state index in [1.54, 1.807) is 0 Å². The average molecular weight is 317 g/mol. The largest absolute Gasteiger partial charge is 0.338 e. The Labute approximate surface area is 140 Å². The Balaban J connectivity index is 1.61. The Morgan fingerprint density at radius 3 is 2.83 bits per heavy atom. The smallest absolute Gasteiger partial charge is 0.315 e. The van der Waals surface area contributed by atoms with E-state index in [0.717, 1.165) is 19.5 Å². The molecule has 0 radical (unpaired) electrons. The highest BCUT2D eigenvalue weighted by Gasteiger charge is 2.17. The quantitative estimate of drug-likeness (QED) is 0.790. The zero-order valence-corrected chi connectivity index (χ0v) is 14.8. The molecule has 1 saturated heterocycles. The van der Waals surface area contributed by atoms with Gasteiger partial charge in [-0.25, -0.2) is 4.79 Å². The van der Waals surface area contributed by atoms with Crippen LogP contribution in [0.3, 0.4) is 0 Å². The molecule has 1 atom stereocenters. The van der Waals surface area contributed by atoms with Gasteiger partial charge < -0.3 is 15.5 Å². The molecule has 1 aliphatic rings. The third-order valence-electron chi connectivity index (χ3n) is 4.79. The van der Waals surface area contributed by atoms with Crippen LogP contribution in [0.1, 0.15) is 49.3 Å². The number of urea groups is 1. The summed E-state index contributed by atoms with van der Waals surface area (Å²) in [4.78, 5) is 14.4. The maximum Gasteiger partial charge on any atom is 0.315 e. The van der Waals surface area contributed by atoms with E-state index < -0.39 is 0 Å². The topological polar surface area (TPSA) is 44.4 Å². The molecule has 128 valence electrons. The Morgan fingerprint density at radius 2 is 2.09 bits per heavy atom. The van der Waals surface area contributed by atoms with Crippen molar-refractivity contribution in [2.75, 3.05) is 19.6 Å².